The van der Waals surface area contributed by atoms with E-state index in [1.54, 1.807) is 18.2 Å². The van der Waals surface area contributed by atoms with Gasteiger partial charge in [-0.1, -0.05) is 12.1 Å². The molecule has 0 aliphatic carbocycles. The third-order valence-corrected chi connectivity index (χ3v) is 5.07. The Kier molecular flexibility index (Phi) is 4.23. The summed E-state index contributed by atoms with van der Waals surface area (Å²) in [6.45, 7) is 2.26. The molecule has 0 radical (unpaired) electrons. The third-order valence-electron chi connectivity index (χ3n) is 3.91. The first kappa shape index (κ1) is 15.8. The van der Waals surface area contributed by atoms with Crippen LogP contribution >= 0.6 is 11.8 Å². The molecule has 25 heavy (non-hydrogen) atoms. The Morgan fingerprint density at radius 1 is 1.28 bits per heavy atom. The summed E-state index contributed by atoms with van der Waals surface area (Å²) in [4.78, 5) is 20.1. The number of benzene rings is 2. The van der Waals surface area contributed by atoms with Gasteiger partial charge in [0.25, 0.3) is 0 Å². The molecule has 0 fully saturated rings. The van der Waals surface area contributed by atoms with Crippen molar-refractivity contribution < 1.29 is 14.3 Å². The Hall–Kier alpha value is -2.67. The zero-order valence-electron chi connectivity index (χ0n) is 13.6. The summed E-state index contributed by atoms with van der Waals surface area (Å²) in [5, 5.41) is 2.97. The highest BCUT2D eigenvalue weighted by atomic mass is 32.2. The molecule has 2 aromatic carbocycles. The van der Waals surface area contributed by atoms with Crippen LogP contribution in [0.1, 0.15) is 18.0 Å². The molecule has 2 N–H and O–H groups in total. The van der Waals surface area contributed by atoms with Crippen molar-refractivity contribution in [1.29, 1.82) is 0 Å². The average Bonchev–Trinajstić information content (AvgIpc) is 3.25. The molecule has 128 valence electrons. The van der Waals surface area contributed by atoms with Crippen molar-refractivity contribution in [3.05, 3.63) is 48.3 Å². The highest BCUT2D eigenvalue weighted by Crippen LogP contribution is 2.34. The number of aromatic amines is 1. The van der Waals surface area contributed by atoms with E-state index in [2.05, 4.69) is 15.3 Å². The topological polar surface area (TPSA) is 76.2 Å². The molecule has 6 nitrogen and oxygen atoms in total. The Morgan fingerprint density at radius 2 is 2.12 bits per heavy atom. The molecule has 1 amide bonds. The lowest BCUT2D eigenvalue weighted by molar-refractivity contribution is -0.113. The predicted octanol–water partition coefficient (Wildman–Crippen LogP) is 3.72. The molecule has 1 aliphatic rings. The summed E-state index contributed by atoms with van der Waals surface area (Å²) < 4.78 is 10.6. The molecular formula is C18H17N3O3S. The van der Waals surface area contributed by atoms with Gasteiger partial charge in [0.1, 0.15) is 5.82 Å². The van der Waals surface area contributed by atoms with Crippen LogP contribution in [0.2, 0.25) is 0 Å². The number of para-hydroxylation sites is 2. The number of imidazole rings is 1. The minimum atomic E-state index is -0.0631. The highest BCUT2D eigenvalue weighted by molar-refractivity contribution is 8.00. The molecule has 0 bridgehead atoms. The smallest absolute Gasteiger partial charge is 0.234 e. The first-order chi connectivity index (χ1) is 12.2. The van der Waals surface area contributed by atoms with Crippen LogP contribution in [0.3, 0.4) is 0 Å². The van der Waals surface area contributed by atoms with Crippen molar-refractivity contribution in [2.45, 2.75) is 12.2 Å². The Balaban J connectivity index is 1.35. The second-order valence-corrected chi connectivity index (χ2v) is 7.04. The number of H-pyrrole nitrogens is 1. The van der Waals surface area contributed by atoms with Gasteiger partial charge in [0.05, 0.1) is 22.0 Å². The number of hydrogen-bond donors (Lipinski definition) is 2. The van der Waals surface area contributed by atoms with Gasteiger partial charge in [0.15, 0.2) is 11.5 Å². The Labute approximate surface area is 148 Å². The first-order valence-electron chi connectivity index (χ1n) is 7.95. The summed E-state index contributed by atoms with van der Waals surface area (Å²) in [5.41, 5.74) is 2.65. The average molecular weight is 355 g/mol. The summed E-state index contributed by atoms with van der Waals surface area (Å²) in [6.07, 6.45) is 0. The van der Waals surface area contributed by atoms with Gasteiger partial charge >= 0.3 is 0 Å². The third kappa shape index (κ3) is 3.41. The normalized spacial score (nSPS) is 13.8. The number of ether oxygens (including phenoxy) is 2. The summed E-state index contributed by atoms with van der Waals surface area (Å²) in [5.74, 6) is 2.51. The fourth-order valence-corrected chi connectivity index (χ4v) is 3.36. The maximum absolute atomic E-state index is 12.2. The molecule has 2 heterocycles. The van der Waals surface area contributed by atoms with E-state index in [9.17, 15) is 4.79 Å². The van der Waals surface area contributed by atoms with Crippen molar-refractivity contribution in [3.8, 4) is 11.5 Å². The number of anilines is 1. The summed E-state index contributed by atoms with van der Waals surface area (Å²) in [7, 11) is 0. The predicted molar refractivity (Wildman–Crippen MR) is 98.2 cm³/mol. The van der Waals surface area contributed by atoms with Gasteiger partial charge < -0.3 is 19.8 Å². The van der Waals surface area contributed by atoms with E-state index in [1.807, 2.05) is 31.2 Å². The number of carbonyl (C=O) groups excluding carboxylic acids is 1. The van der Waals surface area contributed by atoms with Gasteiger partial charge in [-0.15, -0.1) is 11.8 Å². The number of nitrogens with one attached hydrogen (secondary N) is 2. The number of aromatic nitrogens is 2. The number of hydrogen-bond acceptors (Lipinski definition) is 5. The lowest BCUT2D eigenvalue weighted by Gasteiger charge is -2.09. The molecule has 7 heteroatoms. The van der Waals surface area contributed by atoms with Gasteiger partial charge in [-0.05, 0) is 31.2 Å². The van der Waals surface area contributed by atoms with Crippen LogP contribution in [0.15, 0.2) is 42.5 Å². The van der Waals surface area contributed by atoms with Gasteiger partial charge in [-0.25, -0.2) is 4.98 Å². The first-order valence-corrected chi connectivity index (χ1v) is 9.00. The molecule has 0 spiro atoms. The standard InChI is InChI=1S/C18H17N3O3S/c1-11(18-20-13-4-2-3-5-14(13)21-18)25-9-17(22)19-12-6-7-15-16(8-12)24-10-23-15/h2-8,11H,9-10H2,1H3,(H,19,22)(H,20,21)/t11-/m0/s1. The molecule has 1 aromatic heterocycles. The van der Waals surface area contributed by atoms with E-state index < -0.39 is 0 Å². The number of amides is 1. The fourth-order valence-electron chi connectivity index (χ4n) is 2.62. The van der Waals surface area contributed by atoms with Gasteiger partial charge in [-0.3, -0.25) is 4.79 Å². The number of thioether (sulfide) groups is 1. The maximum atomic E-state index is 12.2. The van der Waals surface area contributed by atoms with Gasteiger partial charge in [0, 0.05) is 11.8 Å². The number of nitrogens with zero attached hydrogens (tertiary/aromatic N) is 1. The second kappa shape index (κ2) is 6.68. The van der Waals surface area contributed by atoms with Crippen molar-refractivity contribution in [2.75, 3.05) is 17.9 Å². The zero-order chi connectivity index (χ0) is 17.2. The van der Waals surface area contributed by atoms with Crippen LogP contribution in [-0.2, 0) is 4.79 Å². The van der Waals surface area contributed by atoms with Crippen molar-refractivity contribution >= 4 is 34.4 Å². The van der Waals surface area contributed by atoms with Crippen LogP contribution in [0, 0.1) is 0 Å². The number of rotatable bonds is 5. The summed E-state index contributed by atoms with van der Waals surface area (Å²) in [6, 6.07) is 13.3. The second-order valence-electron chi connectivity index (χ2n) is 5.71. The molecule has 1 aliphatic heterocycles. The minimum Gasteiger partial charge on any atom is -0.454 e. The fraction of sp³-hybridized carbons (Fsp3) is 0.222. The molecule has 4 rings (SSSR count). The highest BCUT2D eigenvalue weighted by Gasteiger charge is 2.16. The molecule has 0 saturated carbocycles. The van der Waals surface area contributed by atoms with Gasteiger partial charge in [0.2, 0.25) is 12.7 Å². The monoisotopic (exact) mass is 355 g/mol. The Morgan fingerprint density at radius 3 is 3.00 bits per heavy atom. The minimum absolute atomic E-state index is 0.0631. The van der Waals surface area contributed by atoms with Crippen molar-refractivity contribution in [3.63, 3.8) is 0 Å². The Bertz CT molecular complexity index is 892. The number of carbonyl (C=O) groups is 1. The lowest BCUT2D eigenvalue weighted by atomic mass is 10.3. The molecule has 0 unspecified atom stereocenters. The van der Waals surface area contributed by atoms with E-state index in [1.165, 1.54) is 11.8 Å². The summed E-state index contributed by atoms with van der Waals surface area (Å²) >= 11 is 1.54. The van der Waals surface area contributed by atoms with E-state index in [4.69, 9.17) is 9.47 Å². The van der Waals surface area contributed by atoms with E-state index in [0.717, 1.165) is 16.9 Å². The molecular weight excluding hydrogens is 338 g/mol. The van der Waals surface area contributed by atoms with E-state index in [-0.39, 0.29) is 18.0 Å². The molecule has 0 saturated heterocycles. The van der Waals surface area contributed by atoms with Crippen LogP contribution in [0.4, 0.5) is 5.69 Å². The molecule has 3 aromatic rings. The van der Waals surface area contributed by atoms with E-state index >= 15 is 0 Å². The SMILES string of the molecule is C[C@H](SCC(=O)Nc1ccc2c(c1)OCO2)c1nc2ccccc2[nH]1. The van der Waals surface area contributed by atoms with Gasteiger partial charge in [-0.2, -0.15) is 0 Å². The van der Waals surface area contributed by atoms with E-state index in [0.29, 0.717) is 22.9 Å². The lowest BCUT2D eigenvalue weighted by Crippen LogP contribution is -2.14. The zero-order valence-corrected chi connectivity index (χ0v) is 14.4. The quantitative estimate of drug-likeness (QED) is 0.729. The van der Waals surface area contributed by atoms with Crippen molar-refractivity contribution in [2.24, 2.45) is 0 Å². The molecule has 1 atom stereocenters. The number of fused-ring (bicyclic) bond motifs is 2. The maximum Gasteiger partial charge on any atom is 0.234 e. The van der Waals surface area contributed by atoms with Crippen molar-refractivity contribution in [1.82, 2.24) is 9.97 Å². The largest absolute Gasteiger partial charge is 0.454 e. The van der Waals surface area contributed by atoms with Crippen LogP contribution in [0.5, 0.6) is 11.5 Å². The van der Waals surface area contributed by atoms with Crippen LogP contribution in [-0.4, -0.2) is 28.4 Å². The van der Waals surface area contributed by atoms with Crippen LogP contribution < -0.4 is 14.8 Å². The van der Waals surface area contributed by atoms with Crippen LogP contribution in [0.25, 0.3) is 11.0 Å².